The van der Waals surface area contributed by atoms with Crippen LogP contribution >= 0.6 is 0 Å². The van der Waals surface area contributed by atoms with E-state index in [0.717, 1.165) is 6.42 Å². The Morgan fingerprint density at radius 3 is 2.27 bits per heavy atom. The van der Waals surface area contributed by atoms with Crippen LogP contribution in [-0.2, 0) is 10.0 Å². The molecule has 0 rings (SSSR count). The zero-order valence-electron chi connectivity index (χ0n) is 7.29. The molecule has 0 unspecified atom stereocenters. The van der Waals surface area contributed by atoms with Crippen molar-refractivity contribution >= 4 is 15.7 Å². The molecule has 3 nitrogen and oxygen atoms in total. The Balaban J connectivity index is 4.14. The van der Waals surface area contributed by atoms with E-state index in [4.69, 9.17) is 0 Å². The standard InChI is InChI=1S/C7H15NO2S/c1-4-5-6-11(9,10)8-7(2)3/h4-6H2,1-3H3. The molecule has 0 N–H and O–H groups in total. The molecule has 0 bridgehead atoms. The van der Waals surface area contributed by atoms with Crippen molar-refractivity contribution in [3.8, 4) is 0 Å². The summed E-state index contributed by atoms with van der Waals surface area (Å²) < 4.78 is 25.6. The fourth-order valence-corrected chi connectivity index (χ4v) is 1.95. The molecule has 0 aliphatic rings. The van der Waals surface area contributed by atoms with E-state index < -0.39 is 10.0 Å². The maximum atomic E-state index is 11.0. The average Bonchev–Trinajstić information content (AvgIpc) is 1.81. The number of rotatable bonds is 4. The van der Waals surface area contributed by atoms with E-state index in [9.17, 15) is 8.42 Å². The van der Waals surface area contributed by atoms with Gasteiger partial charge >= 0.3 is 0 Å². The number of hydrogen-bond acceptors (Lipinski definition) is 2. The van der Waals surface area contributed by atoms with Gasteiger partial charge in [0.05, 0.1) is 5.75 Å². The zero-order valence-corrected chi connectivity index (χ0v) is 8.11. The van der Waals surface area contributed by atoms with Gasteiger partial charge in [0.25, 0.3) is 10.0 Å². The van der Waals surface area contributed by atoms with Crippen LogP contribution in [0.4, 0.5) is 0 Å². The van der Waals surface area contributed by atoms with Crippen LogP contribution in [0.25, 0.3) is 0 Å². The lowest BCUT2D eigenvalue weighted by atomic mass is 10.4. The van der Waals surface area contributed by atoms with E-state index in [1.807, 2.05) is 6.92 Å². The maximum absolute atomic E-state index is 11.0. The highest BCUT2D eigenvalue weighted by molar-refractivity contribution is 7.90. The first kappa shape index (κ1) is 10.6. The molecule has 0 amide bonds. The van der Waals surface area contributed by atoms with Gasteiger partial charge in [-0.3, -0.25) is 0 Å². The predicted molar refractivity (Wildman–Crippen MR) is 47.5 cm³/mol. The summed E-state index contributed by atoms with van der Waals surface area (Å²) in [5.74, 6) is 0.175. The summed E-state index contributed by atoms with van der Waals surface area (Å²) in [6.45, 7) is 5.32. The van der Waals surface area contributed by atoms with Crippen molar-refractivity contribution in [2.24, 2.45) is 4.40 Å². The molecule has 0 aromatic carbocycles. The van der Waals surface area contributed by atoms with E-state index in [1.54, 1.807) is 13.8 Å². The van der Waals surface area contributed by atoms with Crippen molar-refractivity contribution in [3.05, 3.63) is 0 Å². The lowest BCUT2D eigenvalue weighted by Gasteiger charge is -1.96. The summed E-state index contributed by atoms with van der Waals surface area (Å²) in [5.41, 5.74) is 0.598. The molecular formula is C7H15NO2S. The Hall–Kier alpha value is -0.380. The van der Waals surface area contributed by atoms with Crippen molar-refractivity contribution in [2.75, 3.05) is 5.75 Å². The molecule has 4 heteroatoms. The second kappa shape index (κ2) is 4.49. The zero-order chi connectivity index (χ0) is 8.91. The van der Waals surface area contributed by atoms with E-state index in [1.165, 1.54) is 0 Å². The third-order valence-corrected chi connectivity index (χ3v) is 2.53. The van der Waals surface area contributed by atoms with Gasteiger partial charge in [-0.2, -0.15) is 4.40 Å². The van der Waals surface area contributed by atoms with Gasteiger partial charge in [0.1, 0.15) is 0 Å². The Kier molecular flexibility index (Phi) is 4.33. The largest absolute Gasteiger partial charge is 0.253 e. The van der Waals surface area contributed by atoms with Crippen LogP contribution in [0.5, 0.6) is 0 Å². The summed E-state index contributed by atoms with van der Waals surface area (Å²) in [5, 5.41) is 0. The van der Waals surface area contributed by atoms with Crippen LogP contribution in [0, 0.1) is 0 Å². The lowest BCUT2D eigenvalue weighted by Crippen LogP contribution is -2.03. The normalized spacial score (nSPS) is 11.2. The highest BCUT2D eigenvalue weighted by Crippen LogP contribution is 1.98. The van der Waals surface area contributed by atoms with Crippen LogP contribution < -0.4 is 0 Å². The van der Waals surface area contributed by atoms with Crippen molar-refractivity contribution in [2.45, 2.75) is 33.6 Å². The summed E-state index contributed by atoms with van der Waals surface area (Å²) in [4.78, 5) is 0. The monoisotopic (exact) mass is 177 g/mol. The maximum Gasteiger partial charge on any atom is 0.253 e. The first-order valence-corrected chi connectivity index (χ1v) is 5.34. The summed E-state index contributed by atoms with van der Waals surface area (Å²) in [6, 6.07) is 0. The molecular weight excluding hydrogens is 162 g/mol. The smallest absolute Gasteiger partial charge is 0.205 e. The molecule has 11 heavy (non-hydrogen) atoms. The molecule has 0 aromatic heterocycles. The quantitative estimate of drug-likeness (QED) is 0.612. The van der Waals surface area contributed by atoms with Gasteiger partial charge < -0.3 is 0 Å². The van der Waals surface area contributed by atoms with Crippen molar-refractivity contribution < 1.29 is 8.42 Å². The molecule has 0 saturated heterocycles. The van der Waals surface area contributed by atoms with E-state index in [0.29, 0.717) is 12.1 Å². The molecule has 0 fully saturated rings. The average molecular weight is 177 g/mol. The lowest BCUT2D eigenvalue weighted by molar-refractivity contribution is 0.594. The minimum atomic E-state index is -3.16. The molecule has 0 radical (unpaired) electrons. The summed E-state index contributed by atoms with van der Waals surface area (Å²) >= 11 is 0. The molecule has 66 valence electrons. The van der Waals surface area contributed by atoms with Crippen LogP contribution in [-0.4, -0.2) is 19.9 Å². The molecule has 0 atom stereocenters. The van der Waals surface area contributed by atoms with Crippen molar-refractivity contribution in [3.63, 3.8) is 0 Å². The van der Waals surface area contributed by atoms with Crippen molar-refractivity contribution in [1.82, 2.24) is 0 Å². The van der Waals surface area contributed by atoms with Crippen molar-refractivity contribution in [1.29, 1.82) is 0 Å². The minimum Gasteiger partial charge on any atom is -0.205 e. The van der Waals surface area contributed by atoms with Gasteiger partial charge in [0.2, 0.25) is 0 Å². The molecule has 0 saturated carbocycles. The highest BCUT2D eigenvalue weighted by atomic mass is 32.2. The first-order valence-electron chi connectivity index (χ1n) is 3.74. The fraction of sp³-hybridized carbons (Fsp3) is 0.857. The molecule has 0 heterocycles. The molecule has 0 aliphatic heterocycles. The van der Waals surface area contributed by atoms with E-state index in [-0.39, 0.29) is 5.75 Å². The Labute approximate surface area is 68.6 Å². The van der Waals surface area contributed by atoms with Gasteiger partial charge in [0.15, 0.2) is 0 Å². The predicted octanol–water partition coefficient (Wildman–Crippen LogP) is 1.60. The van der Waals surface area contributed by atoms with Gasteiger partial charge in [-0.15, -0.1) is 0 Å². The van der Waals surface area contributed by atoms with Crippen LogP contribution in [0.3, 0.4) is 0 Å². The number of hydrogen-bond donors (Lipinski definition) is 0. The highest BCUT2D eigenvalue weighted by Gasteiger charge is 2.05. The number of nitrogens with zero attached hydrogens (tertiary/aromatic N) is 1. The molecule has 0 aliphatic carbocycles. The van der Waals surface area contributed by atoms with Gasteiger partial charge in [-0.25, -0.2) is 8.42 Å². The van der Waals surface area contributed by atoms with Crippen LogP contribution in [0.2, 0.25) is 0 Å². The summed E-state index contributed by atoms with van der Waals surface area (Å²) in [7, 11) is -3.16. The number of sulfonamides is 1. The third kappa shape index (κ3) is 6.04. The third-order valence-electron chi connectivity index (χ3n) is 1.08. The number of unbranched alkanes of at least 4 members (excludes halogenated alkanes) is 1. The fourth-order valence-electron chi connectivity index (χ4n) is 0.651. The Morgan fingerprint density at radius 1 is 1.36 bits per heavy atom. The Morgan fingerprint density at radius 2 is 1.91 bits per heavy atom. The minimum absolute atomic E-state index is 0.175. The van der Waals surface area contributed by atoms with Gasteiger partial charge in [-0.1, -0.05) is 13.3 Å². The summed E-state index contributed by atoms with van der Waals surface area (Å²) in [6.07, 6.45) is 1.58. The second-order valence-electron chi connectivity index (χ2n) is 2.68. The second-order valence-corrected chi connectivity index (χ2v) is 4.43. The molecule has 0 spiro atoms. The topological polar surface area (TPSA) is 46.5 Å². The van der Waals surface area contributed by atoms with Gasteiger partial charge in [-0.05, 0) is 20.3 Å². The van der Waals surface area contributed by atoms with E-state index in [2.05, 4.69) is 4.40 Å². The molecule has 0 aromatic rings. The van der Waals surface area contributed by atoms with Gasteiger partial charge in [0, 0.05) is 5.71 Å². The SMILES string of the molecule is CCCCS(=O)(=O)N=C(C)C. The Bertz CT molecular complexity index is 225. The van der Waals surface area contributed by atoms with Crippen LogP contribution in [0.15, 0.2) is 4.40 Å². The first-order chi connectivity index (χ1) is 4.98. The van der Waals surface area contributed by atoms with E-state index >= 15 is 0 Å². The van der Waals surface area contributed by atoms with Crippen LogP contribution in [0.1, 0.15) is 33.6 Å².